The van der Waals surface area contributed by atoms with Crippen molar-refractivity contribution in [2.45, 2.75) is 37.3 Å². The second kappa shape index (κ2) is 5.03. The lowest BCUT2D eigenvalue weighted by Gasteiger charge is -2.24. The van der Waals surface area contributed by atoms with Gasteiger partial charge < -0.3 is 10.4 Å². The van der Waals surface area contributed by atoms with Gasteiger partial charge in [0.05, 0.1) is 5.69 Å². The van der Waals surface area contributed by atoms with Crippen molar-refractivity contribution in [2.75, 3.05) is 5.32 Å². The van der Waals surface area contributed by atoms with Crippen LogP contribution >= 0.6 is 11.8 Å². The van der Waals surface area contributed by atoms with Gasteiger partial charge in [0.25, 0.3) is 10.0 Å². The Bertz CT molecular complexity index is 752. The molecule has 2 N–H and O–H groups in total. The van der Waals surface area contributed by atoms with E-state index in [1.54, 1.807) is 19.1 Å². The van der Waals surface area contributed by atoms with Crippen molar-refractivity contribution >= 4 is 38.6 Å². The highest BCUT2D eigenvalue weighted by molar-refractivity contribution is 8.16. The smallest absolute Gasteiger partial charge is 0.319 e. The Morgan fingerprint density at radius 2 is 1.95 bits per heavy atom. The minimum atomic E-state index is -3.83. The van der Waals surface area contributed by atoms with E-state index in [0.29, 0.717) is 11.3 Å². The Kier molecular flexibility index (Phi) is 3.79. The van der Waals surface area contributed by atoms with Gasteiger partial charge in [-0.1, -0.05) is 17.8 Å². The van der Waals surface area contributed by atoms with Crippen LogP contribution in [-0.4, -0.2) is 29.4 Å². The summed E-state index contributed by atoms with van der Waals surface area (Å²) < 4.78 is 27.1. The summed E-state index contributed by atoms with van der Waals surface area (Å²) >= 11 is 0.869. The van der Waals surface area contributed by atoms with E-state index in [0.717, 1.165) is 17.3 Å². The highest BCUT2D eigenvalue weighted by atomic mass is 32.2. The highest BCUT2D eigenvalue weighted by Gasteiger charge is 2.34. The van der Waals surface area contributed by atoms with E-state index >= 15 is 0 Å². The molecular weight excluding hydrogens is 312 g/mol. The Labute approximate surface area is 127 Å². The summed E-state index contributed by atoms with van der Waals surface area (Å²) in [6, 6.07) is 3.48. The van der Waals surface area contributed by atoms with Gasteiger partial charge in [0.2, 0.25) is 0 Å². The van der Waals surface area contributed by atoms with Gasteiger partial charge in [0, 0.05) is 0 Å². The zero-order valence-corrected chi connectivity index (χ0v) is 13.7. The summed E-state index contributed by atoms with van der Waals surface area (Å²) in [6.45, 7) is 6.56. The third-order valence-corrected chi connectivity index (χ3v) is 5.66. The van der Waals surface area contributed by atoms with Gasteiger partial charge in [0.15, 0.2) is 5.17 Å². The van der Waals surface area contributed by atoms with Gasteiger partial charge in [0.1, 0.15) is 9.64 Å². The van der Waals surface area contributed by atoms with Gasteiger partial charge in [-0.15, -0.1) is 4.40 Å². The third kappa shape index (κ3) is 3.06. The first-order chi connectivity index (χ1) is 9.53. The minimum Gasteiger partial charge on any atom is -0.480 e. The number of nitrogens with zero attached hydrogens (tertiary/aromatic N) is 1. The predicted molar refractivity (Wildman–Crippen MR) is 83.5 cm³/mol. The monoisotopic (exact) mass is 328 g/mol. The number of nitrogens with one attached hydrogen (secondary N) is 1. The molecule has 1 aliphatic heterocycles. The largest absolute Gasteiger partial charge is 0.480 e. The van der Waals surface area contributed by atoms with Gasteiger partial charge in [-0.05, 0) is 44.9 Å². The van der Waals surface area contributed by atoms with E-state index in [-0.39, 0.29) is 10.1 Å². The second-order valence-corrected chi connectivity index (χ2v) is 8.52. The molecule has 0 aliphatic carbocycles. The van der Waals surface area contributed by atoms with Crippen LogP contribution in [-0.2, 0) is 14.8 Å². The number of aliphatic carboxylic acids is 1. The summed E-state index contributed by atoms with van der Waals surface area (Å²) in [5, 5.41) is 12.1. The second-order valence-electron chi connectivity index (χ2n) is 5.37. The number of benzene rings is 1. The number of carbonyl (C=O) groups is 1. The van der Waals surface area contributed by atoms with Crippen molar-refractivity contribution in [2.24, 2.45) is 4.40 Å². The lowest BCUT2D eigenvalue weighted by Crippen LogP contribution is -2.32. The fourth-order valence-electron chi connectivity index (χ4n) is 2.01. The normalized spacial score (nSPS) is 16.7. The molecule has 1 heterocycles. The molecule has 2 rings (SSSR count). The van der Waals surface area contributed by atoms with E-state index < -0.39 is 20.7 Å². The quantitative estimate of drug-likeness (QED) is 0.865. The maximum atomic E-state index is 12.3. The number of fused-ring (bicyclic) bond motifs is 1. The van der Waals surface area contributed by atoms with E-state index in [2.05, 4.69) is 9.71 Å². The minimum absolute atomic E-state index is 0.0694. The molecule has 21 heavy (non-hydrogen) atoms. The Balaban J connectivity index is 2.49. The Hall–Kier alpha value is -1.54. The molecule has 8 heteroatoms. The predicted octanol–water partition coefficient (Wildman–Crippen LogP) is 2.37. The molecule has 0 atom stereocenters. The van der Waals surface area contributed by atoms with Crippen LogP contribution in [0.1, 0.15) is 25.0 Å². The van der Waals surface area contributed by atoms with Crippen LogP contribution in [0.3, 0.4) is 0 Å². The number of carboxylic acid groups (broad SMARTS) is 1. The average Bonchev–Trinajstić information content (AvgIpc) is 2.24. The SMILES string of the molecule is Cc1cc(C)c2c(c1)NC(SC(C)(C)C(=O)O)=NS2(=O)=O. The zero-order chi connectivity index (χ0) is 16.0. The molecule has 0 saturated heterocycles. The van der Waals surface area contributed by atoms with Crippen molar-refractivity contribution < 1.29 is 18.3 Å². The molecule has 0 aromatic heterocycles. The first-order valence-electron chi connectivity index (χ1n) is 6.18. The topological polar surface area (TPSA) is 95.8 Å². The molecular formula is C13H16N2O4S2. The van der Waals surface area contributed by atoms with Crippen LogP contribution in [0.5, 0.6) is 0 Å². The van der Waals surface area contributed by atoms with Crippen molar-refractivity contribution in [3.8, 4) is 0 Å². The Morgan fingerprint density at radius 1 is 1.33 bits per heavy atom. The van der Waals surface area contributed by atoms with Crippen molar-refractivity contribution in [1.82, 2.24) is 0 Å². The van der Waals surface area contributed by atoms with Crippen LogP contribution in [0.15, 0.2) is 21.4 Å². The van der Waals surface area contributed by atoms with Gasteiger partial charge in [-0.3, -0.25) is 4.79 Å². The number of hydrogen-bond acceptors (Lipinski definition) is 5. The standard InChI is InChI=1S/C13H16N2O4S2/c1-7-5-8(2)10-9(6-7)14-12(15-21(10,18)19)20-13(3,4)11(16)17/h5-6H,1-4H3,(H,14,15)(H,16,17). The molecule has 0 unspecified atom stereocenters. The molecule has 0 fully saturated rings. The van der Waals surface area contributed by atoms with Gasteiger partial charge in [-0.2, -0.15) is 8.42 Å². The maximum absolute atomic E-state index is 12.3. The lowest BCUT2D eigenvalue weighted by atomic mass is 10.1. The summed E-state index contributed by atoms with van der Waals surface area (Å²) in [6.07, 6.45) is 0. The van der Waals surface area contributed by atoms with Crippen molar-refractivity contribution in [3.05, 3.63) is 23.3 Å². The molecule has 1 aromatic carbocycles. The number of aryl methyl sites for hydroxylation is 2. The fraction of sp³-hybridized carbons (Fsp3) is 0.385. The number of carboxylic acids is 1. The maximum Gasteiger partial charge on any atom is 0.319 e. The number of sulfonamides is 1. The number of anilines is 1. The molecule has 0 bridgehead atoms. The number of amidine groups is 1. The summed E-state index contributed by atoms with van der Waals surface area (Å²) in [4.78, 5) is 11.3. The first kappa shape index (κ1) is 15.8. The van der Waals surface area contributed by atoms with Crippen molar-refractivity contribution in [1.29, 1.82) is 0 Å². The van der Waals surface area contributed by atoms with Crippen LogP contribution < -0.4 is 5.32 Å². The van der Waals surface area contributed by atoms with E-state index in [4.69, 9.17) is 5.11 Å². The number of thioether (sulfide) groups is 1. The molecule has 6 nitrogen and oxygen atoms in total. The summed E-state index contributed by atoms with van der Waals surface area (Å²) in [5.41, 5.74) is 1.96. The van der Waals surface area contributed by atoms with Gasteiger partial charge in [-0.25, -0.2) is 0 Å². The average molecular weight is 328 g/mol. The fourth-order valence-corrected chi connectivity index (χ4v) is 4.40. The molecule has 0 spiro atoms. The van der Waals surface area contributed by atoms with Crippen molar-refractivity contribution in [3.63, 3.8) is 0 Å². The third-order valence-electron chi connectivity index (χ3n) is 2.99. The zero-order valence-electron chi connectivity index (χ0n) is 12.1. The van der Waals surface area contributed by atoms with Crippen LogP contribution in [0.25, 0.3) is 0 Å². The van der Waals surface area contributed by atoms with E-state index in [1.165, 1.54) is 13.8 Å². The van der Waals surface area contributed by atoms with E-state index in [1.807, 2.05) is 6.92 Å². The molecule has 1 aliphatic rings. The highest BCUT2D eigenvalue weighted by Crippen LogP contribution is 2.36. The lowest BCUT2D eigenvalue weighted by molar-refractivity contribution is -0.138. The Morgan fingerprint density at radius 3 is 2.52 bits per heavy atom. The van der Waals surface area contributed by atoms with Crippen LogP contribution in [0.4, 0.5) is 5.69 Å². The first-order valence-corrected chi connectivity index (χ1v) is 8.44. The van der Waals surface area contributed by atoms with Crippen LogP contribution in [0, 0.1) is 13.8 Å². The van der Waals surface area contributed by atoms with E-state index in [9.17, 15) is 13.2 Å². The van der Waals surface area contributed by atoms with Gasteiger partial charge >= 0.3 is 5.97 Å². The summed E-state index contributed by atoms with van der Waals surface area (Å²) in [7, 11) is -3.83. The molecule has 1 aromatic rings. The molecule has 0 amide bonds. The number of rotatable bonds is 2. The molecule has 0 saturated carbocycles. The summed E-state index contributed by atoms with van der Waals surface area (Å²) in [5.74, 6) is -1.04. The molecule has 0 radical (unpaired) electrons. The number of hydrogen-bond donors (Lipinski definition) is 2. The molecule has 114 valence electrons. The van der Waals surface area contributed by atoms with Crippen LogP contribution in [0.2, 0.25) is 0 Å².